The minimum atomic E-state index is -0.405. The van der Waals surface area contributed by atoms with Crippen molar-refractivity contribution in [2.45, 2.75) is 12.8 Å². The van der Waals surface area contributed by atoms with Crippen molar-refractivity contribution in [3.05, 3.63) is 40.7 Å². The van der Waals surface area contributed by atoms with Gasteiger partial charge < -0.3 is 20.2 Å². The number of H-pyrrole nitrogens is 2. The molecule has 3 heterocycles. The van der Waals surface area contributed by atoms with Crippen LogP contribution < -0.4 is 15.9 Å². The molecular formula is C13H15N5O2. The fourth-order valence-corrected chi connectivity index (χ4v) is 2.25. The number of hydrogen-bond acceptors (Lipinski definition) is 4. The van der Waals surface area contributed by atoms with E-state index in [0.717, 1.165) is 18.9 Å². The molecule has 1 fully saturated rings. The van der Waals surface area contributed by atoms with Crippen LogP contribution in [0.3, 0.4) is 0 Å². The van der Waals surface area contributed by atoms with E-state index in [4.69, 9.17) is 0 Å². The zero-order chi connectivity index (χ0) is 13.9. The predicted octanol–water partition coefficient (Wildman–Crippen LogP) is 0.950. The third kappa shape index (κ3) is 2.56. The van der Waals surface area contributed by atoms with E-state index < -0.39 is 5.69 Å². The smallest absolute Gasteiger partial charge is 0.323 e. The third-order valence-electron chi connectivity index (χ3n) is 3.28. The number of amides is 1. The van der Waals surface area contributed by atoms with Crippen molar-refractivity contribution in [3.8, 4) is 0 Å². The number of nitrogens with zero attached hydrogens (tertiary/aromatic N) is 2. The van der Waals surface area contributed by atoms with Gasteiger partial charge in [-0.15, -0.1) is 0 Å². The zero-order valence-electron chi connectivity index (χ0n) is 10.8. The Balaban J connectivity index is 1.68. The second-order valence-electron chi connectivity index (χ2n) is 4.71. The Bertz CT molecular complexity index is 652. The average Bonchev–Trinajstić information content (AvgIpc) is 3.10. The molecule has 0 unspecified atom stereocenters. The molecule has 0 radical (unpaired) electrons. The van der Waals surface area contributed by atoms with Gasteiger partial charge in [-0.25, -0.2) is 9.78 Å². The van der Waals surface area contributed by atoms with Crippen molar-refractivity contribution >= 4 is 17.4 Å². The van der Waals surface area contributed by atoms with Gasteiger partial charge in [0.2, 0.25) is 0 Å². The Morgan fingerprint density at radius 3 is 2.70 bits per heavy atom. The van der Waals surface area contributed by atoms with Crippen molar-refractivity contribution in [2.75, 3.05) is 23.3 Å². The summed E-state index contributed by atoms with van der Waals surface area (Å²) in [5.41, 5.74) is 0.385. The van der Waals surface area contributed by atoms with Crippen LogP contribution in [0.25, 0.3) is 0 Å². The van der Waals surface area contributed by atoms with Crippen LogP contribution in [0.1, 0.15) is 23.3 Å². The minimum absolute atomic E-state index is 0.193. The van der Waals surface area contributed by atoms with E-state index in [-0.39, 0.29) is 11.6 Å². The first-order chi connectivity index (χ1) is 9.72. The summed E-state index contributed by atoms with van der Waals surface area (Å²) < 4.78 is 0. The van der Waals surface area contributed by atoms with E-state index in [1.54, 1.807) is 6.20 Å². The first-order valence-corrected chi connectivity index (χ1v) is 6.52. The number of pyridine rings is 1. The zero-order valence-corrected chi connectivity index (χ0v) is 10.8. The summed E-state index contributed by atoms with van der Waals surface area (Å²) in [6, 6.07) is 3.70. The monoisotopic (exact) mass is 273 g/mol. The summed E-state index contributed by atoms with van der Waals surface area (Å²) in [6.07, 6.45) is 5.35. The Kier molecular flexibility index (Phi) is 3.24. The molecule has 3 N–H and O–H groups in total. The lowest BCUT2D eigenvalue weighted by Gasteiger charge is -2.16. The average molecular weight is 273 g/mol. The molecule has 20 heavy (non-hydrogen) atoms. The summed E-state index contributed by atoms with van der Waals surface area (Å²) >= 11 is 0. The minimum Gasteiger partial charge on any atom is -0.357 e. The SMILES string of the molecule is O=C(Nc1ccc(N2CCCC2)nc1)c1c[nH]c(=O)[nH]1. The van der Waals surface area contributed by atoms with Crippen molar-refractivity contribution in [3.63, 3.8) is 0 Å². The van der Waals surface area contributed by atoms with E-state index in [9.17, 15) is 9.59 Å². The summed E-state index contributed by atoms with van der Waals surface area (Å²) in [7, 11) is 0. The molecule has 1 saturated heterocycles. The Morgan fingerprint density at radius 2 is 2.10 bits per heavy atom. The lowest BCUT2D eigenvalue weighted by atomic mass is 10.3. The van der Waals surface area contributed by atoms with Gasteiger partial charge in [-0.1, -0.05) is 0 Å². The fourth-order valence-electron chi connectivity index (χ4n) is 2.25. The molecule has 0 saturated carbocycles. The van der Waals surface area contributed by atoms with Crippen molar-refractivity contribution in [1.29, 1.82) is 0 Å². The van der Waals surface area contributed by atoms with Gasteiger partial charge in [0.1, 0.15) is 11.5 Å². The molecular weight excluding hydrogens is 258 g/mol. The van der Waals surface area contributed by atoms with E-state index in [2.05, 4.69) is 25.2 Å². The normalized spacial score (nSPS) is 14.5. The van der Waals surface area contributed by atoms with E-state index in [1.165, 1.54) is 19.0 Å². The second kappa shape index (κ2) is 5.20. The Morgan fingerprint density at radius 1 is 1.30 bits per heavy atom. The van der Waals surface area contributed by atoms with Crippen molar-refractivity contribution < 1.29 is 4.79 Å². The highest BCUT2D eigenvalue weighted by Gasteiger charge is 2.13. The van der Waals surface area contributed by atoms with Crippen LogP contribution in [0, 0.1) is 0 Å². The summed E-state index contributed by atoms with van der Waals surface area (Å²) in [5.74, 6) is 0.551. The number of anilines is 2. The van der Waals surface area contributed by atoms with Gasteiger partial charge >= 0.3 is 5.69 Å². The van der Waals surface area contributed by atoms with Crippen LogP contribution in [0.4, 0.5) is 11.5 Å². The highest BCUT2D eigenvalue weighted by Crippen LogP contribution is 2.19. The maximum Gasteiger partial charge on any atom is 0.323 e. The number of aromatic amines is 2. The Labute approximate surface area is 115 Å². The van der Waals surface area contributed by atoms with Gasteiger partial charge in [-0.3, -0.25) is 4.79 Å². The van der Waals surface area contributed by atoms with Crippen LogP contribution in [0.2, 0.25) is 0 Å². The highest BCUT2D eigenvalue weighted by atomic mass is 16.2. The van der Waals surface area contributed by atoms with E-state index in [0.29, 0.717) is 5.69 Å². The summed E-state index contributed by atoms with van der Waals surface area (Å²) in [6.45, 7) is 2.06. The number of aromatic nitrogens is 3. The number of imidazole rings is 1. The van der Waals surface area contributed by atoms with E-state index >= 15 is 0 Å². The number of hydrogen-bond donors (Lipinski definition) is 3. The van der Waals surface area contributed by atoms with Gasteiger partial charge in [0.15, 0.2) is 0 Å². The highest BCUT2D eigenvalue weighted by molar-refractivity contribution is 6.02. The molecule has 0 aromatic carbocycles. The topological polar surface area (TPSA) is 93.9 Å². The molecule has 3 rings (SSSR count). The fraction of sp³-hybridized carbons (Fsp3) is 0.308. The lowest BCUT2D eigenvalue weighted by molar-refractivity contribution is 0.102. The van der Waals surface area contributed by atoms with Gasteiger partial charge in [-0.05, 0) is 25.0 Å². The van der Waals surface area contributed by atoms with Crippen LogP contribution in [-0.4, -0.2) is 33.9 Å². The van der Waals surface area contributed by atoms with Crippen molar-refractivity contribution in [1.82, 2.24) is 15.0 Å². The van der Waals surface area contributed by atoms with Gasteiger partial charge in [0.25, 0.3) is 5.91 Å². The summed E-state index contributed by atoms with van der Waals surface area (Å²) in [4.78, 5) is 34.1. The molecule has 1 aliphatic heterocycles. The number of carbonyl (C=O) groups is 1. The maximum atomic E-state index is 11.8. The molecule has 0 spiro atoms. The Hall–Kier alpha value is -2.57. The quantitative estimate of drug-likeness (QED) is 0.776. The van der Waals surface area contributed by atoms with Crippen LogP contribution >= 0.6 is 0 Å². The number of rotatable bonds is 3. The molecule has 2 aromatic heterocycles. The van der Waals surface area contributed by atoms with Gasteiger partial charge in [-0.2, -0.15) is 0 Å². The third-order valence-corrected chi connectivity index (χ3v) is 3.28. The number of carbonyl (C=O) groups excluding carboxylic acids is 1. The number of nitrogens with one attached hydrogen (secondary N) is 3. The largest absolute Gasteiger partial charge is 0.357 e. The molecule has 7 heteroatoms. The van der Waals surface area contributed by atoms with Crippen LogP contribution in [0.5, 0.6) is 0 Å². The van der Waals surface area contributed by atoms with E-state index in [1.807, 2.05) is 12.1 Å². The maximum absolute atomic E-state index is 11.8. The van der Waals surface area contributed by atoms with Gasteiger partial charge in [0.05, 0.1) is 11.9 Å². The molecule has 7 nitrogen and oxygen atoms in total. The predicted molar refractivity (Wildman–Crippen MR) is 75.1 cm³/mol. The van der Waals surface area contributed by atoms with Crippen LogP contribution in [0.15, 0.2) is 29.3 Å². The molecule has 1 amide bonds. The second-order valence-corrected chi connectivity index (χ2v) is 4.71. The summed E-state index contributed by atoms with van der Waals surface area (Å²) in [5, 5.41) is 2.68. The standard InChI is InChI=1S/C13H15N5O2/c19-12(10-8-15-13(20)17-10)16-9-3-4-11(14-7-9)18-5-1-2-6-18/h3-4,7-8H,1-2,5-6H2,(H,16,19)(H2,15,17,20). The molecule has 2 aromatic rings. The van der Waals surface area contributed by atoms with Crippen molar-refractivity contribution in [2.24, 2.45) is 0 Å². The van der Waals surface area contributed by atoms with Crippen LogP contribution in [-0.2, 0) is 0 Å². The first kappa shape index (κ1) is 12.5. The molecule has 0 bridgehead atoms. The molecule has 104 valence electrons. The molecule has 0 atom stereocenters. The molecule has 1 aliphatic rings. The van der Waals surface area contributed by atoms with Gasteiger partial charge in [0, 0.05) is 19.3 Å². The lowest BCUT2D eigenvalue weighted by Crippen LogP contribution is -2.19. The molecule has 0 aliphatic carbocycles. The first-order valence-electron chi connectivity index (χ1n) is 6.52.